The van der Waals surface area contributed by atoms with Gasteiger partial charge in [0.25, 0.3) is 5.91 Å². The van der Waals surface area contributed by atoms with Crippen LogP contribution in [-0.4, -0.2) is 85.4 Å². The number of benzene rings is 2. The molecule has 43 heavy (non-hydrogen) atoms. The van der Waals surface area contributed by atoms with Crippen molar-refractivity contribution in [1.82, 2.24) is 10.2 Å². The Balaban J connectivity index is 1.52. The molecule has 1 saturated carbocycles. The number of rotatable bonds is 12. The first kappa shape index (κ1) is 30.8. The van der Waals surface area contributed by atoms with Gasteiger partial charge in [-0.3, -0.25) is 14.4 Å². The lowest BCUT2D eigenvalue weighted by Crippen LogP contribution is -2.55. The molecule has 1 aromatic heterocycles. The Hall–Kier alpha value is -3.62. The summed E-state index contributed by atoms with van der Waals surface area (Å²) in [5.41, 5.74) is 1.13. The lowest BCUT2D eigenvalue weighted by atomic mass is 9.87. The van der Waals surface area contributed by atoms with E-state index in [2.05, 4.69) is 5.32 Å². The molecule has 0 spiro atoms. The topological polar surface area (TPSA) is 148 Å². The highest BCUT2D eigenvalue weighted by molar-refractivity contribution is 14.1. The van der Waals surface area contributed by atoms with Crippen molar-refractivity contribution in [2.24, 2.45) is 5.92 Å². The minimum atomic E-state index is -1.23. The average Bonchev–Trinajstić information content (AvgIpc) is 3.73. The van der Waals surface area contributed by atoms with Gasteiger partial charge in [-0.15, -0.1) is 0 Å². The molecule has 0 saturated heterocycles. The normalized spacial score (nSPS) is 19.8. The lowest BCUT2D eigenvalue weighted by molar-refractivity contribution is -0.118. The summed E-state index contributed by atoms with van der Waals surface area (Å²) in [6.07, 6.45) is 1.88. The van der Waals surface area contributed by atoms with Crippen LogP contribution in [0.1, 0.15) is 40.2 Å². The molecule has 0 bridgehead atoms. The second kappa shape index (κ2) is 13.3. The third kappa shape index (κ3) is 6.65. The van der Waals surface area contributed by atoms with Gasteiger partial charge in [0.15, 0.2) is 28.6 Å². The molecule has 1 fully saturated rings. The predicted octanol–water partition coefficient (Wildman–Crippen LogP) is 3.34. The van der Waals surface area contributed by atoms with E-state index in [9.17, 15) is 24.6 Å². The highest BCUT2D eigenvalue weighted by atomic mass is 127. The van der Waals surface area contributed by atoms with Crippen LogP contribution in [0.5, 0.6) is 17.2 Å². The second-order valence-electron chi connectivity index (χ2n) is 10.6. The Morgan fingerprint density at radius 1 is 1.16 bits per heavy atom. The van der Waals surface area contributed by atoms with E-state index in [1.807, 2.05) is 28.7 Å². The monoisotopic (exact) mass is 704 g/mol. The first-order chi connectivity index (χ1) is 20.8. The van der Waals surface area contributed by atoms with Crippen molar-refractivity contribution in [3.05, 3.63) is 62.9 Å². The van der Waals surface area contributed by atoms with Gasteiger partial charge in [-0.1, -0.05) is 12.1 Å². The number of nitrogens with one attached hydrogen (secondary N) is 1. The standard InChI is InChI=1S/C31H33IN2O9/c1-40-23-5-3-4-19-13-26(43-28(19)23)31(39)34(15-17-6-7-17)22-12-20(30(38)33-8-9-35)14-24(27(22)37)42-29-21(32)10-18(16-36)11-25(29)41-2/h3-5,10-11,13-14,16-17,22,24,27,35,37H,6-9,12,15H2,1-2H3,(H,33,38). The first-order valence-electron chi connectivity index (χ1n) is 13.9. The number of para-hydroxylation sites is 1. The zero-order valence-electron chi connectivity index (χ0n) is 23.7. The van der Waals surface area contributed by atoms with Crippen molar-refractivity contribution in [2.45, 2.75) is 37.5 Å². The molecule has 3 aromatic rings. The molecular weight excluding hydrogens is 671 g/mol. The van der Waals surface area contributed by atoms with Gasteiger partial charge in [0.2, 0.25) is 5.91 Å². The summed E-state index contributed by atoms with van der Waals surface area (Å²) in [5, 5.41) is 24.4. The summed E-state index contributed by atoms with van der Waals surface area (Å²) in [7, 11) is 2.96. The van der Waals surface area contributed by atoms with Crippen molar-refractivity contribution in [3.63, 3.8) is 0 Å². The molecule has 0 aliphatic heterocycles. The Morgan fingerprint density at radius 3 is 2.60 bits per heavy atom. The van der Waals surface area contributed by atoms with E-state index in [0.717, 1.165) is 12.8 Å². The van der Waals surface area contributed by atoms with Crippen LogP contribution in [0.4, 0.5) is 0 Å². The number of ether oxygens (including phenoxy) is 3. The molecule has 228 valence electrons. The molecule has 11 nitrogen and oxygen atoms in total. The number of aliphatic hydroxyl groups excluding tert-OH is 2. The van der Waals surface area contributed by atoms with E-state index in [-0.39, 0.29) is 42.7 Å². The van der Waals surface area contributed by atoms with Crippen LogP contribution in [0, 0.1) is 9.49 Å². The van der Waals surface area contributed by atoms with Crippen LogP contribution in [0.2, 0.25) is 0 Å². The van der Waals surface area contributed by atoms with Gasteiger partial charge < -0.3 is 39.1 Å². The number of methoxy groups -OCH3 is 2. The maximum absolute atomic E-state index is 14.1. The van der Waals surface area contributed by atoms with Crippen LogP contribution >= 0.6 is 22.6 Å². The zero-order chi connectivity index (χ0) is 30.7. The van der Waals surface area contributed by atoms with Gasteiger partial charge >= 0.3 is 0 Å². The number of aldehydes is 1. The maximum atomic E-state index is 14.1. The maximum Gasteiger partial charge on any atom is 0.289 e. The van der Waals surface area contributed by atoms with E-state index in [1.54, 1.807) is 29.2 Å². The van der Waals surface area contributed by atoms with E-state index >= 15 is 0 Å². The Kier molecular flexibility index (Phi) is 9.57. The van der Waals surface area contributed by atoms with Gasteiger partial charge in [-0.05, 0) is 71.7 Å². The number of amides is 2. The smallest absolute Gasteiger partial charge is 0.289 e. The molecule has 0 radical (unpaired) electrons. The fourth-order valence-electron chi connectivity index (χ4n) is 5.23. The van der Waals surface area contributed by atoms with Gasteiger partial charge in [-0.2, -0.15) is 0 Å². The summed E-state index contributed by atoms with van der Waals surface area (Å²) in [5.74, 6) is 0.540. The molecule has 2 aromatic carbocycles. The van der Waals surface area contributed by atoms with Crippen LogP contribution < -0.4 is 19.5 Å². The molecule has 1 heterocycles. The minimum Gasteiger partial charge on any atom is -0.493 e. The molecule has 3 N–H and O–H groups in total. The van der Waals surface area contributed by atoms with Crippen molar-refractivity contribution in [3.8, 4) is 17.2 Å². The Morgan fingerprint density at radius 2 is 1.93 bits per heavy atom. The number of hydrogen-bond donors (Lipinski definition) is 3. The number of carbonyl (C=O) groups excluding carboxylic acids is 3. The highest BCUT2D eigenvalue weighted by Crippen LogP contribution is 2.39. The SMILES string of the molecule is COc1cc(C=O)cc(I)c1OC1C=C(C(=O)NCCO)CC(N(CC2CC2)C(=O)c2cc3cccc(OC)c3o2)C1O. The van der Waals surface area contributed by atoms with E-state index in [0.29, 0.717) is 44.3 Å². The molecule has 2 aliphatic carbocycles. The number of aliphatic hydroxyl groups is 2. The molecule has 12 heteroatoms. The number of carbonyl (C=O) groups is 3. The molecule has 2 amide bonds. The van der Waals surface area contributed by atoms with Gasteiger partial charge in [-0.25, -0.2) is 0 Å². The number of hydrogen-bond acceptors (Lipinski definition) is 9. The highest BCUT2D eigenvalue weighted by Gasteiger charge is 2.43. The first-order valence-corrected chi connectivity index (χ1v) is 15.0. The number of nitrogens with zero attached hydrogens (tertiary/aromatic N) is 1. The van der Waals surface area contributed by atoms with Crippen molar-refractivity contribution in [2.75, 3.05) is 33.9 Å². The van der Waals surface area contributed by atoms with Gasteiger partial charge in [0.1, 0.15) is 18.5 Å². The van der Waals surface area contributed by atoms with Crippen LogP contribution in [0.15, 0.2) is 52.5 Å². The van der Waals surface area contributed by atoms with E-state index in [4.69, 9.17) is 18.6 Å². The third-order valence-corrected chi connectivity index (χ3v) is 8.41. The van der Waals surface area contributed by atoms with E-state index in [1.165, 1.54) is 26.4 Å². The summed E-state index contributed by atoms with van der Waals surface area (Å²) in [4.78, 5) is 40.2. The quantitative estimate of drug-likeness (QED) is 0.191. The molecule has 2 aliphatic rings. The molecule has 3 atom stereocenters. The summed E-state index contributed by atoms with van der Waals surface area (Å²) < 4.78 is 23.7. The summed E-state index contributed by atoms with van der Waals surface area (Å²) in [6, 6.07) is 9.32. The minimum absolute atomic E-state index is 0.0410. The van der Waals surface area contributed by atoms with Gasteiger partial charge in [0, 0.05) is 36.0 Å². The van der Waals surface area contributed by atoms with Crippen molar-refractivity contribution in [1.29, 1.82) is 0 Å². The summed E-state index contributed by atoms with van der Waals surface area (Å²) >= 11 is 2.01. The van der Waals surface area contributed by atoms with Crippen LogP contribution in [0.3, 0.4) is 0 Å². The largest absolute Gasteiger partial charge is 0.493 e. The molecular formula is C31H33IN2O9. The van der Waals surface area contributed by atoms with Crippen molar-refractivity contribution >= 4 is 51.7 Å². The van der Waals surface area contributed by atoms with Gasteiger partial charge in [0.05, 0.1) is 30.4 Å². The Labute approximate surface area is 261 Å². The predicted molar refractivity (Wildman–Crippen MR) is 165 cm³/mol. The van der Waals surface area contributed by atoms with Crippen molar-refractivity contribution < 1.29 is 43.2 Å². The Bertz CT molecular complexity index is 1550. The second-order valence-corrected chi connectivity index (χ2v) is 11.7. The van der Waals surface area contributed by atoms with Crippen LogP contribution in [-0.2, 0) is 4.79 Å². The lowest BCUT2D eigenvalue weighted by Gasteiger charge is -2.40. The third-order valence-electron chi connectivity index (χ3n) is 7.61. The average molecular weight is 705 g/mol. The van der Waals surface area contributed by atoms with Crippen LogP contribution in [0.25, 0.3) is 11.0 Å². The fourth-order valence-corrected chi connectivity index (χ4v) is 5.98. The zero-order valence-corrected chi connectivity index (χ0v) is 25.9. The number of furan rings is 1. The van der Waals surface area contributed by atoms with E-state index < -0.39 is 30.1 Å². The number of fused-ring (bicyclic) bond motifs is 1. The molecule has 3 unspecified atom stereocenters. The fraction of sp³-hybridized carbons (Fsp3) is 0.387. The summed E-state index contributed by atoms with van der Waals surface area (Å²) in [6.45, 7) is 0.159. The molecule has 5 rings (SSSR count). The number of halogens is 1.